The van der Waals surface area contributed by atoms with Gasteiger partial charge >= 0.3 is 0 Å². The van der Waals surface area contributed by atoms with Gasteiger partial charge in [-0.3, -0.25) is 0 Å². The first-order valence-electron chi connectivity index (χ1n) is 6.61. The zero-order valence-corrected chi connectivity index (χ0v) is 11.7. The van der Waals surface area contributed by atoms with E-state index >= 15 is 0 Å². The first kappa shape index (κ1) is 16.4. The molecule has 0 aromatic heterocycles. The third-order valence-corrected chi connectivity index (χ3v) is 3.34. The molecule has 0 spiro atoms. The second kappa shape index (κ2) is 9.55. The van der Waals surface area contributed by atoms with Gasteiger partial charge in [0.25, 0.3) is 0 Å². The van der Waals surface area contributed by atoms with Gasteiger partial charge in [-0.2, -0.15) is 0 Å². The van der Waals surface area contributed by atoms with Crippen LogP contribution in [0.25, 0.3) is 0 Å². The maximum absolute atomic E-state index is 2.40. The highest BCUT2D eigenvalue weighted by Gasteiger charge is 2.27. The fourth-order valence-corrected chi connectivity index (χ4v) is 2.36. The SMILES string of the molecule is CC.CC.CC1CC(C)C(C)C(C)C1. The van der Waals surface area contributed by atoms with Crippen molar-refractivity contribution >= 4 is 0 Å². The molecule has 1 rings (SSSR count). The second-order valence-corrected chi connectivity index (χ2v) is 4.39. The minimum absolute atomic E-state index is 0.955. The molecule has 1 aliphatic carbocycles. The molecule has 0 aromatic carbocycles. The van der Waals surface area contributed by atoms with Gasteiger partial charge in [-0.25, -0.2) is 0 Å². The third kappa shape index (κ3) is 5.67. The Morgan fingerprint density at radius 3 is 1.21 bits per heavy atom. The molecule has 0 nitrogen and oxygen atoms in total. The van der Waals surface area contributed by atoms with Crippen molar-refractivity contribution in [3.05, 3.63) is 0 Å². The van der Waals surface area contributed by atoms with E-state index in [4.69, 9.17) is 0 Å². The summed E-state index contributed by atoms with van der Waals surface area (Å²) in [7, 11) is 0. The predicted octanol–water partition coefficient (Wildman–Crippen LogP) is 5.38. The first-order valence-corrected chi connectivity index (χ1v) is 6.61. The van der Waals surface area contributed by atoms with Crippen LogP contribution in [0.5, 0.6) is 0 Å². The predicted molar refractivity (Wildman–Crippen MR) is 68.6 cm³/mol. The van der Waals surface area contributed by atoms with Gasteiger partial charge in [0.2, 0.25) is 0 Å². The zero-order valence-electron chi connectivity index (χ0n) is 11.7. The lowest BCUT2D eigenvalue weighted by Gasteiger charge is -2.35. The monoisotopic (exact) mass is 200 g/mol. The Morgan fingerprint density at radius 2 is 0.929 bits per heavy atom. The van der Waals surface area contributed by atoms with Gasteiger partial charge in [0.15, 0.2) is 0 Å². The molecular formula is C14H32. The summed E-state index contributed by atoms with van der Waals surface area (Å²) < 4.78 is 0. The summed E-state index contributed by atoms with van der Waals surface area (Å²) >= 11 is 0. The van der Waals surface area contributed by atoms with Crippen molar-refractivity contribution in [3.8, 4) is 0 Å². The summed E-state index contributed by atoms with van der Waals surface area (Å²) in [6, 6.07) is 0. The minimum Gasteiger partial charge on any atom is -0.0683 e. The lowest BCUT2D eigenvalue weighted by Crippen LogP contribution is -2.26. The lowest BCUT2D eigenvalue weighted by molar-refractivity contribution is 0.151. The highest BCUT2D eigenvalue weighted by molar-refractivity contribution is 4.77. The normalized spacial score (nSPS) is 36.0. The standard InChI is InChI=1S/C10H20.2C2H6/c1-7-5-8(2)10(4)9(3)6-7;2*1-2/h7-10H,5-6H2,1-4H3;2*1-2H3. The lowest BCUT2D eigenvalue weighted by atomic mass is 9.71. The molecule has 0 heterocycles. The fraction of sp³-hybridized carbons (Fsp3) is 1.00. The first-order chi connectivity index (χ1) is 6.61. The average Bonchev–Trinajstić information content (AvgIpc) is 2.20. The molecule has 1 saturated carbocycles. The smallest absolute Gasteiger partial charge is 0.0391 e. The quantitative estimate of drug-likeness (QED) is 0.492. The molecule has 88 valence electrons. The van der Waals surface area contributed by atoms with Crippen LogP contribution >= 0.6 is 0 Å². The third-order valence-electron chi connectivity index (χ3n) is 3.34. The molecule has 0 amide bonds. The van der Waals surface area contributed by atoms with Crippen LogP contribution in [0, 0.1) is 23.7 Å². The zero-order chi connectivity index (χ0) is 11.7. The van der Waals surface area contributed by atoms with Crippen molar-refractivity contribution in [2.24, 2.45) is 23.7 Å². The van der Waals surface area contributed by atoms with Gasteiger partial charge < -0.3 is 0 Å². The summed E-state index contributed by atoms with van der Waals surface area (Å²) in [5.41, 5.74) is 0. The van der Waals surface area contributed by atoms with Gasteiger partial charge in [-0.05, 0) is 36.5 Å². The molecule has 0 aliphatic heterocycles. The Labute approximate surface area is 92.5 Å². The highest BCUT2D eigenvalue weighted by atomic mass is 14.3. The topological polar surface area (TPSA) is 0 Å². The maximum atomic E-state index is 2.40. The van der Waals surface area contributed by atoms with Crippen LogP contribution in [-0.4, -0.2) is 0 Å². The largest absolute Gasteiger partial charge is 0.0683 e. The van der Waals surface area contributed by atoms with Gasteiger partial charge in [0.05, 0.1) is 0 Å². The van der Waals surface area contributed by atoms with Crippen molar-refractivity contribution in [1.29, 1.82) is 0 Å². The van der Waals surface area contributed by atoms with E-state index in [-0.39, 0.29) is 0 Å². The Morgan fingerprint density at radius 1 is 0.643 bits per heavy atom. The minimum atomic E-state index is 0.955. The van der Waals surface area contributed by atoms with Crippen LogP contribution in [0.1, 0.15) is 68.2 Å². The van der Waals surface area contributed by atoms with Gasteiger partial charge in [-0.15, -0.1) is 0 Å². The van der Waals surface area contributed by atoms with Crippen LogP contribution in [0.3, 0.4) is 0 Å². The molecule has 2 unspecified atom stereocenters. The number of rotatable bonds is 0. The Bertz CT molecular complexity index is 94.6. The van der Waals surface area contributed by atoms with Crippen LogP contribution < -0.4 is 0 Å². The average molecular weight is 200 g/mol. The van der Waals surface area contributed by atoms with Gasteiger partial charge in [-0.1, -0.05) is 55.4 Å². The Hall–Kier alpha value is 0. The van der Waals surface area contributed by atoms with E-state index in [1.54, 1.807) is 0 Å². The molecule has 0 heteroatoms. The number of hydrogen-bond acceptors (Lipinski definition) is 0. The Balaban J connectivity index is 0. The molecule has 0 saturated heterocycles. The molecular weight excluding hydrogens is 168 g/mol. The summed E-state index contributed by atoms with van der Waals surface area (Å²) in [5.74, 6) is 3.84. The van der Waals surface area contributed by atoms with Crippen molar-refractivity contribution in [2.45, 2.75) is 68.2 Å². The van der Waals surface area contributed by atoms with Crippen LogP contribution in [0.2, 0.25) is 0 Å². The highest BCUT2D eigenvalue weighted by Crippen LogP contribution is 2.36. The van der Waals surface area contributed by atoms with Crippen LogP contribution in [0.15, 0.2) is 0 Å². The summed E-state index contributed by atoms with van der Waals surface area (Å²) in [6.45, 7) is 17.6. The second-order valence-electron chi connectivity index (χ2n) is 4.39. The van der Waals surface area contributed by atoms with E-state index in [0.717, 1.165) is 23.7 Å². The molecule has 1 fully saturated rings. The molecule has 0 N–H and O–H groups in total. The van der Waals surface area contributed by atoms with Crippen LogP contribution in [0.4, 0.5) is 0 Å². The number of hydrogen-bond donors (Lipinski definition) is 0. The van der Waals surface area contributed by atoms with Crippen molar-refractivity contribution in [1.82, 2.24) is 0 Å². The van der Waals surface area contributed by atoms with E-state index in [9.17, 15) is 0 Å². The van der Waals surface area contributed by atoms with E-state index in [1.165, 1.54) is 12.8 Å². The van der Waals surface area contributed by atoms with E-state index in [2.05, 4.69) is 27.7 Å². The van der Waals surface area contributed by atoms with Crippen molar-refractivity contribution in [2.75, 3.05) is 0 Å². The molecule has 14 heavy (non-hydrogen) atoms. The summed E-state index contributed by atoms with van der Waals surface area (Å²) in [4.78, 5) is 0. The molecule has 0 bridgehead atoms. The van der Waals surface area contributed by atoms with Gasteiger partial charge in [0.1, 0.15) is 0 Å². The molecule has 0 aromatic rings. The van der Waals surface area contributed by atoms with Crippen molar-refractivity contribution in [3.63, 3.8) is 0 Å². The van der Waals surface area contributed by atoms with E-state index in [0.29, 0.717) is 0 Å². The molecule has 0 radical (unpaired) electrons. The van der Waals surface area contributed by atoms with E-state index in [1.807, 2.05) is 27.7 Å². The van der Waals surface area contributed by atoms with Crippen molar-refractivity contribution < 1.29 is 0 Å². The van der Waals surface area contributed by atoms with E-state index < -0.39 is 0 Å². The summed E-state index contributed by atoms with van der Waals surface area (Å²) in [5, 5.41) is 0. The van der Waals surface area contributed by atoms with Gasteiger partial charge in [0, 0.05) is 0 Å². The fourth-order valence-electron chi connectivity index (χ4n) is 2.36. The maximum Gasteiger partial charge on any atom is -0.0391 e. The molecule has 2 atom stereocenters. The van der Waals surface area contributed by atoms with Crippen LogP contribution in [-0.2, 0) is 0 Å². The molecule has 1 aliphatic rings. The Kier molecular flexibility index (Phi) is 11.2. The summed E-state index contributed by atoms with van der Waals surface area (Å²) in [6.07, 6.45) is 2.90.